The van der Waals surface area contributed by atoms with E-state index in [0.29, 0.717) is 5.69 Å². The predicted octanol–water partition coefficient (Wildman–Crippen LogP) is 3.05. The lowest BCUT2D eigenvalue weighted by Gasteiger charge is -2.23. The van der Waals surface area contributed by atoms with Crippen molar-refractivity contribution in [2.75, 3.05) is 31.9 Å². The molecule has 0 atom stereocenters. The molecule has 0 aliphatic rings. The Morgan fingerprint density at radius 2 is 1.68 bits per heavy atom. The molecule has 0 aromatic heterocycles. The normalized spacial score (nSPS) is 10.1. The van der Waals surface area contributed by atoms with Crippen LogP contribution >= 0.6 is 0 Å². The van der Waals surface area contributed by atoms with E-state index < -0.39 is 0 Å². The van der Waals surface area contributed by atoms with Gasteiger partial charge in [0, 0.05) is 13.1 Å². The summed E-state index contributed by atoms with van der Waals surface area (Å²) in [5.41, 5.74) is 8.59. The van der Waals surface area contributed by atoms with Crippen LogP contribution in [-0.2, 0) is 0 Å². The molecule has 2 aromatic carbocycles. The van der Waals surface area contributed by atoms with Crippen molar-refractivity contribution < 1.29 is 9.47 Å². The summed E-state index contributed by atoms with van der Waals surface area (Å²) < 4.78 is 10.5. The van der Waals surface area contributed by atoms with Crippen LogP contribution in [0, 0.1) is 0 Å². The summed E-state index contributed by atoms with van der Waals surface area (Å²) in [4.78, 5) is 1.99. The third-order valence-electron chi connectivity index (χ3n) is 3.04. The van der Waals surface area contributed by atoms with Crippen LogP contribution in [0.15, 0.2) is 42.5 Å². The fourth-order valence-corrected chi connectivity index (χ4v) is 2.00. The fraction of sp³-hybridized carbons (Fsp3) is 0.200. The van der Waals surface area contributed by atoms with Crippen LogP contribution in [0.5, 0.6) is 11.5 Å². The molecule has 0 bridgehead atoms. The fourth-order valence-electron chi connectivity index (χ4n) is 2.00. The molecule has 100 valence electrons. The number of nitrogens with zero attached hydrogens (tertiary/aromatic N) is 1. The zero-order valence-corrected chi connectivity index (χ0v) is 11.4. The van der Waals surface area contributed by atoms with E-state index >= 15 is 0 Å². The second-order valence-electron chi connectivity index (χ2n) is 4.16. The SMILES string of the molecule is COc1ccc(N(C)c2ccccc2OC)c(N)c1. The molecule has 0 saturated carbocycles. The first-order valence-electron chi connectivity index (χ1n) is 5.97. The summed E-state index contributed by atoms with van der Waals surface area (Å²) in [6.07, 6.45) is 0. The van der Waals surface area contributed by atoms with Gasteiger partial charge in [-0.1, -0.05) is 12.1 Å². The van der Waals surface area contributed by atoms with Gasteiger partial charge in [-0.25, -0.2) is 0 Å². The minimum Gasteiger partial charge on any atom is -0.497 e. The molecule has 0 heterocycles. The standard InChI is InChI=1S/C15H18N2O2/c1-17(14-6-4-5-7-15(14)19-3)13-9-8-11(18-2)10-12(13)16/h4-10H,16H2,1-3H3. The van der Waals surface area contributed by atoms with E-state index in [1.54, 1.807) is 20.3 Å². The Morgan fingerprint density at radius 1 is 0.947 bits per heavy atom. The molecular formula is C15H18N2O2. The second kappa shape index (κ2) is 5.52. The van der Waals surface area contributed by atoms with Crippen molar-refractivity contribution in [1.29, 1.82) is 0 Å². The van der Waals surface area contributed by atoms with Crippen molar-refractivity contribution in [1.82, 2.24) is 0 Å². The van der Waals surface area contributed by atoms with Gasteiger partial charge in [0.15, 0.2) is 0 Å². The minimum absolute atomic E-state index is 0.660. The molecule has 4 heteroatoms. The lowest BCUT2D eigenvalue weighted by atomic mass is 10.2. The topological polar surface area (TPSA) is 47.7 Å². The molecule has 2 N–H and O–H groups in total. The molecule has 0 saturated heterocycles. The number of para-hydroxylation sites is 2. The van der Waals surface area contributed by atoms with Crippen molar-refractivity contribution in [2.24, 2.45) is 0 Å². The Hall–Kier alpha value is -2.36. The van der Waals surface area contributed by atoms with Crippen molar-refractivity contribution in [3.8, 4) is 11.5 Å². The molecule has 19 heavy (non-hydrogen) atoms. The van der Waals surface area contributed by atoms with Crippen molar-refractivity contribution in [3.05, 3.63) is 42.5 Å². The van der Waals surface area contributed by atoms with Gasteiger partial charge in [0.25, 0.3) is 0 Å². The highest BCUT2D eigenvalue weighted by atomic mass is 16.5. The number of benzene rings is 2. The predicted molar refractivity (Wildman–Crippen MR) is 78.5 cm³/mol. The summed E-state index contributed by atoms with van der Waals surface area (Å²) in [6, 6.07) is 13.4. The average Bonchev–Trinajstić information content (AvgIpc) is 2.46. The van der Waals surface area contributed by atoms with Gasteiger partial charge in [0.2, 0.25) is 0 Å². The van der Waals surface area contributed by atoms with Crippen LogP contribution in [0.1, 0.15) is 0 Å². The lowest BCUT2D eigenvalue weighted by molar-refractivity contribution is 0.415. The maximum absolute atomic E-state index is 6.06. The van der Waals surface area contributed by atoms with E-state index in [1.807, 2.05) is 48.3 Å². The molecule has 2 aromatic rings. The summed E-state index contributed by atoms with van der Waals surface area (Å²) in [7, 11) is 5.23. The first kappa shape index (κ1) is 13.1. The quantitative estimate of drug-likeness (QED) is 0.856. The molecule has 0 radical (unpaired) electrons. The first-order valence-corrected chi connectivity index (χ1v) is 5.97. The van der Waals surface area contributed by atoms with Gasteiger partial charge in [0.05, 0.1) is 31.3 Å². The number of hydrogen-bond donors (Lipinski definition) is 1. The number of hydrogen-bond acceptors (Lipinski definition) is 4. The number of ether oxygens (including phenoxy) is 2. The highest BCUT2D eigenvalue weighted by Gasteiger charge is 2.12. The van der Waals surface area contributed by atoms with Gasteiger partial charge in [-0.15, -0.1) is 0 Å². The first-order chi connectivity index (χ1) is 9.17. The highest BCUT2D eigenvalue weighted by Crippen LogP contribution is 2.36. The van der Waals surface area contributed by atoms with E-state index in [2.05, 4.69) is 0 Å². The average molecular weight is 258 g/mol. The number of nitrogens with two attached hydrogens (primary N) is 1. The maximum atomic E-state index is 6.06. The number of methoxy groups -OCH3 is 2. The Balaban J connectivity index is 2.41. The van der Waals surface area contributed by atoms with E-state index in [1.165, 1.54) is 0 Å². The van der Waals surface area contributed by atoms with Gasteiger partial charge in [-0.3, -0.25) is 0 Å². The number of rotatable bonds is 4. The number of anilines is 3. The Bertz CT molecular complexity index is 570. The summed E-state index contributed by atoms with van der Waals surface area (Å²) in [5, 5.41) is 0. The molecule has 0 spiro atoms. The summed E-state index contributed by atoms with van der Waals surface area (Å²) in [5.74, 6) is 1.55. The third kappa shape index (κ3) is 2.57. The van der Waals surface area contributed by atoms with Crippen molar-refractivity contribution in [3.63, 3.8) is 0 Å². The second-order valence-corrected chi connectivity index (χ2v) is 4.16. The van der Waals surface area contributed by atoms with Crippen LogP contribution in [-0.4, -0.2) is 21.3 Å². The molecule has 0 amide bonds. The smallest absolute Gasteiger partial charge is 0.142 e. The minimum atomic E-state index is 0.660. The molecule has 0 aliphatic heterocycles. The van der Waals surface area contributed by atoms with Crippen molar-refractivity contribution >= 4 is 17.1 Å². The van der Waals surface area contributed by atoms with Crippen LogP contribution in [0.2, 0.25) is 0 Å². The zero-order valence-electron chi connectivity index (χ0n) is 11.4. The molecule has 4 nitrogen and oxygen atoms in total. The number of nitrogen functional groups attached to an aromatic ring is 1. The van der Waals surface area contributed by atoms with E-state index in [0.717, 1.165) is 22.9 Å². The van der Waals surface area contributed by atoms with Gasteiger partial charge >= 0.3 is 0 Å². The van der Waals surface area contributed by atoms with Crippen molar-refractivity contribution in [2.45, 2.75) is 0 Å². The van der Waals surface area contributed by atoms with Gasteiger partial charge in [0.1, 0.15) is 11.5 Å². The Morgan fingerprint density at radius 3 is 2.32 bits per heavy atom. The van der Waals surface area contributed by atoms with E-state index in [-0.39, 0.29) is 0 Å². The van der Waals surface area contributed by atoms with Crippen LogP contribution in [0.4, 0.5) is 17.1 Å². The molecule has 0 aliphatic carbocycles. The van der Waals surface area contributed by atoms with Crippen LogP contribution in [0.25, 0.3) is 0 Å². The van der Waals surface area contributed by atoms with Crippen LogP contribution < -0.4 is 20.1 Å². The van der Waals surface area contributed by atoms with E-state index in [9.17, 15) is 0 Å². The third-order valence-corrected chi connectivity index (χ3v) is 3.04. The largest absolute Gasteiger partial charge is 0.497 e. The Kier molecular flexibility index (Phi) is 3.80. The lowest BCUT2D eigenvalue weighted by Crippen LogP contribution is -2.12. The van der Waals surface area contributed by atoms with Crippen LogP contribution in [0.3, 0.4) is 0 Å². The summed E-state index contributed by atoms with van der Waals surface area (Å²) in [6.45, 7) is 0. The monoisotopic (exact) mass is 258 g/mol. The van der Waals surface area contributed by atoms with Gasteiger partial charge in [-0.2, -0.15) is 0 Å². The van der Waals surface area contributed by atoms with E-state index in [4.69, 9.17) is 15.2 Å². The highest BCUT2D eigenvalue weighted by molar-refractivity contribution is 5.78. The molecule has 0 fully saturated rings. The zero-order chi connectivity index (χ0) is 13.8. The molecule has 0 unspecified atom stereocenters. The van der Waals surface area contributed by atoms with Gasteiger partial charge in [-0.05, 0) is 24.3 Å². The summed E-state index contributed by atoms with van der Waals surface area (Å²) >= 11 is 0. The van der Waals surface area contributed by atoms with Gasteiger partial charge < -0.3 is 20.1 Å². The Labute approximate surface area is 113 Å². The maximum Gasteiger partial charge on any atom is 0.142 e. The molecular weight excluding hydrogens is 240 g/mol. The molecule has 2 rings (SSSR count).